The maximum Gasteiger partial charge on any atom is 0.408 e. The summed E-state index contributed by atoms with van der Waals surface area (Å²) in [6.45, 7) is 5.01. The van der Waals surface area contributed by atoms with Gasteiger partial charge < -0.3 is 30.1 Å². The number of esters is 1. The molecule has 3 amide bonds. The number of hydrogen-bond donors (Lipinski definition) is 3. The second-order valence-corrected chi connectivity index (χ2v) is 12.4. The van der Waals surface area contributed by atoms with Crippen molar-refractivity contribution in [2.24, 2.45) is 0 Å². The van der Waals surface area contributed by atoms with Crippen LogP contribution in [0.4, 0.5) is 4.79 Å². The average molecular weight is 630 g/mol. The van der Waals surface area contributed by atoms with Crippen molar-refractivity contribution in [3.63, 3.8) is 0 Å². The molecule has 10 heteroatoms. The van der Waals surface area contributed by atoms with E-state index >= 15 is 0 Å². The third kappa shape index (κ3) is 9.40. The van der Waals surface area contributed by atoms with Crippen molar-refractivity contribution in [2.45, 2.75) is 82.9 Å². The van der Waals surface area contributed by atoms with E-state index in [1.54, 1.807) is 20.8 Å². The lowest BCUT2D eigenvalue weighted by atomic mass is 10.0. The first-order valence-corrected chi connectivity index (χ1v) is 15.6. The summed E-state index contributed by atoms with van der Waals surface area (Å²) in [7, 11) is 0. The number of ether oxygens (including phenoxy) is 2. The molecule has 0 aliphatic carbocycles. The average Bonchev–Trinajstić information content (AvgIpc) is 3.37. The van der Waals surface area contributed by atoms with Gasteiger partial charge in [-0.1, -0.05) is 91.0 Å². The molecule has 10 nitrogen and oxygen atoms in total. The highest BCUT2D eigenvalue weighted by atomic mass is 16.6. The summed E-state index contributed by atoms with van der Waals surface area (Å²) in [5.41, 5.74) is -0.786. The Hall–Kier alpha value is -4.70. The fourth-order valence-corrected chi connectivity index (χ4v) is 5.37. The van der Waals surface area contributed by atoms with Gasteiger partial charge in [0.15, 0.2) is 0 Å². The third-order valence-corrected chi connectivity index (χ3v) is 7.66. The molecule has 1 saturated heterocycles. The van der Waals surface area contributed by atoms with Crippen molar-refractivity contribution in [2.75, 3.05) is 6.54 Å². The van der Waals surface area contributed by atoms with Crippen LogP contribution >= 0.6 is 0 Å². The van der Waals surface area contributed by atoms with Gasteiger partial charge in [0.25, 0.3) is 5.72 Å². The number of nitrogens with one attached hydrogen (secondary N) is 2. The fourth-order valence-electron chi connectivity index (χ4n) is 5.37. The van der Waals surface area contributed by atoms with E-state index in [0.29, 0.717) is 12.8 Å². The van der Waals surface area contributed by atoms with E-state index in [1.165, 1.54) is 0 Å². The van der Waals surface area contributed by atoms with Crippen LogP contribution in [0.5, 0.6) is 0 Å². The first kappa shape index (κ1) is 34.2. The Morgan fingerprint density at radius 3 is 2.04 bits per heavy atom. The zero-order valence-electron chi connectivity index (χ0n) is 26.6. The summed E-state index contributed by atoms with van der Waals surface area (Å²) in [6.07, 6.45) is 0.665. The molecule has 1 heterocycles. The van der Waals surface area contributed by atoms with Gasteiger partial charge in [0.2, 0.25) is 11.8 Å². The Morgan fingerprint density at radius 1 is 0.891 bits per heavy atom. The SMILES string of the molecule is CC(C)(C)OC(=O)[C@@]1(O)[C@@H](NC(=O)[C@H](Cc2ccccc2)NC(=O)OCc2ccccc2)CCN1C(=O)CCCc1ccccc1. The van der Waals surface area contributed by atoms with Crippen molar-refractivity contribution < 1.29 is 33.8 Å². The molecular weight excluding hydrogens is 586 g/mol. The van der Waals surface area contributed by atoms with Crippen molar-refractivity contribution >= 4 is 23.9 Å². The van der Waals surface area contributed by atoms with Crippen LogP contribution in [-0.2, 0) is 43.3 Å². The monoisotopic (exact) mass is 629 g/mol. The largest absolute Gasteiger partial charge is 0.456 e. The normalized spacial score (nSPS) is 18.3. The molecule has 0 aromatic heterocycles. The molecule has 3 aromatic rings. The van der Waals surface area contributed by atoms with Gasteiger partial charge in [-0.05, 0) is 56.7 Å². The number of likely N-dealkylation sites (tertiary alicyclic amines) is 1. The van der Waals surface area contributed by atoms with Crippen molar-refractivity contribution in [3.8, 4) is 0 Å². The number of amides is 3. The van der Waals surface area contributed by atoms with E-state index < -0.39 is 47.3 Å². The van der Waals surface area contributed by atoms with Crippen LogP contribution in [0.15, 0.2) is 91.0 Å². The minimum absolute atomic E-state index is 0.00864. The zero-order chi connectivity index (χ0) is 33.2. The molecule has 0 bridgehead atoms. The number of rotatable bonds is 12. The standard InChI is InChI=1S/C36H43N3O7/c1-35(2,3)46-33(42)36(44)30(22-23-39(36)31(40)21-13-20-26-14-7-4-8-15-26)38-32(41)29(24-27-16-9-5-10-17-27)37-34(43)45-25-28-18-11-6-12-19-28/h4-12,14-19,29-30,44H,13,20-25H2,1-3H3,(H,37,43)(H,38,41)/t29-,30-,36-/m0/s1. The fraction of sp³-hybridized carbons (Fsp3) is 0.389. The molecule has 4 rings (SSSR count). The van der Waals surface area contributed by atoms with Crippen LogP contribution in [0.2, 0.25) is 0 Å². The summed E-state index contributed by atoms with van der Waals surface area (Å²) in [6, 6.07) is 25.7. The van der Waals surface area contributed by atoms with Gasteiger partial charge in [-0.25, -0.2) is 9.59 Å². The quantitative estimate of drug-likeness (QED) is 0.255. The van der Waals surface area contributed by atoms with Crippen molar-refractivity contribution in [3.05, 3.63) is 108 Å². The number of nitrogens with zero attached hydrogens (tertiary/aromatic N) is 1. The van der Waals surface area contributed by atoms with Crippen LogP contribution in [-0.4, -0.2) is 63.8 Å². The number of aryl methyl sites for hydroxylation is 1. The molecule has 3 N–H and O–H groups in total. The summed E-state index contributed by atoms with van der Waals surface area (Å²) < 4.78 is 10.9. The second-order valence-electron chi connectivity index (χ2n) is 12.4. The molecule has 1 fully saturated rings. The number of alkyl carbamates (subject to hydrolysis) is 1. The van der Waals surface area contributed by atoms with E-state index in [2.05, 4.69) is 10.6 Å². The summed E-state index contributed by atoms with van der Waals surface area (Å²) in [5, 5.41) is 17.3. The van der Waals surface area contributed by atoms with Crippen molar-refractivity contribution in [1.29, 1.82) is 0 Å². The second kappa shape index (κ2) is 15.5. The zero-order valence-corrected chi connectivity index (χ0v) is 26.6. The molecule has 1 aliphatic rings. The molecule has 46 heavy (non-hydrogen) atoms. The lowest BCUT2D eigenvalue weighted by Gasteiger charge is -2.37. The van der Waals surface area contributed by atoms with Gasteiger partial charge in [0.1, 0.15) is 18.2 Å². The van der Waals surface area contributed by atoms with Crippen LogP contribution in [0.3, 0.4) is 0 Å². The lowest BCUT2D eigenvalue weighted by Crippen LogP contribution is -2.65. The van der Waals surface area contributed by atoms with E-state index in [4.69, 9.17) is 9.47 Å². The first-order chi connectivity index (χ1) is 22.0. The molecule has 0 unspecified atom stereocenters. The molecule has 3 aromatic carbocycles. The lowest BCUT2D eigenvalue weighted by molar-refractivity contribution is -0.200. The smallest absolute Gasteiger partial charge is 0.408 e. The van der Waals surface area contributed by atoms with Gasteiger partial charge in [0, 0.05) is 19.4 Å². The van der Waals surface area contributed by atoms with Crippen molar-refractivity contribution in [1.82, 2.24) is 15.5 Å². The summed E-state index contributed by atoms with van der Waals surface area (Å²) >= 11 is 0. The predicted molar refractivity (Wildman–Crippen MR) is 172 cm³/mol. The van der Waals surface area contributed by atoms with Gasteiger partial charge in [-0.15, -0.1) is 0 Å². The topological polar surface area (TPSA) is 134 Å². The number of aliphatic hydroxyl groups is 1. The maximum atomic E-state index is 13.8. The summed E-state index contributed by atoms with van der Waals surface area (Å²) in [5.74, 6) is -2.11. The highest BCUT2D eigenvalue weighted by Gasteiger charge is 2.58. The number of carbonyl (C=O) groups excluding carboxylic acids is 4. The van der Waals surface area contributed by atoms with Gasteiger partial charge in [0.05, 0.1) is 6.04 Å². The van der Waals surface area contributed by atoms with E-state index in [1.807, 2.05) is 91.0 Å². The first-order valence-electron chi connectivity index (χ1n) is 15.6. The van der Waals surface area contributed by atoms with Crippen LogP contribution in [0, 0.1) is 0 Å². The predicted octanol–water partition coefficient (Wildman–Crippen LogP) is 4.29. The Bertz CT molecular complexity index is 1460. The highest BCUT2D eigenvalue weighted by Crippen LogP contribution is 2.32. The molecule has 3 atom stereocenters. The van der Waals surface area contributed by atoms with E-state index in [0.717, 1.165) is 21.6 Å². The van der Waals surface area contributed by atoms with Gasteiger partial charge >= 0.3 is 12.1 Å². The minimum atomic E-state index is -2.45. The van der Waals surface area contributed by atoms with Crippen LogP contribution < -0.4 is 10.6 Å². The third-order valence-electron chi connectivity index (χ3n) is 7.66. The molecule has 0 saturated carbocycles. The Morgan fingerprint density at radius 2 is 1.46 bits per heavy atom. The van der Waals surface area contributed by atoms with Crippen LogP contribution in [0.25, 0.3) is 0 Å². The molecule has 244 valence electrons. The van der Waals surface area contributed by atoms with E-state index in [9.17, 15) is 24.3 Å². The molecule has 1 aliphatic heterocycles. The number of carbonyl (C=O) groups is 4. The Balaban J connectivity index is 1.50. The Labute approximate surface area is 270 Å². The molecular formula is C36H43N3O7. The minimum Gasteiger partial charge on any atom is -0.456 e. The molecule has 0 radical (unpaired) electrons. The van der Waals surface area contributed by atoms with Crippen LogP contribution in [0.1, 0.15) is 56.7 Å². The summed E-state index contributed by atoms with van der Waals surface area (Å²) in [4.78, 5) is 54.6. The Kier molecular flexibility index (Phi) is 11.5. The highest BCUT2D eigenvalue weighted by molar-refractivity contribution is 5.91. The molecule has 0 spiro atoms. The van der Waals surface area contributed by atoms with Gasteiger partial charge in [-0.3, -0.25) is 9.59 Å². The number of hydrogen-bond acceptors (Lipinski definition) is 7. The van der Waals surface area contributed by atoms with Gasteiger partial charge in [-0.2, -0.15) is 0 Å². The maximum absolute atomic E-state index is 13.8. The number of benzene rings is 3. The van der Waals surface area contributed by atoms with E-state index in [-0.39, 0.29) is 32.4 Å².